The van der Waals surface area contributed by atoms with Crippen molar-refractivity contribution in [2.45, 2.75) is 6.54 Å². The Bertz CT molecular complexity index is 679. The monoisotopic (exact) mass is 287 g/mol. The highest BCUT2D eigenvalue weighted by molar-refractivity contribution is 5.92. The Morgan fingerprint density at radius 2 is 2.00 bits per heavy atom. The van der Waals surface area contributed by atoms with Crippen molar-refractivity contribution in [1.29, 1.82) is 0 Å². The number of primary amides is 1. The number of carbonyl (C=O) groups is 1. The highest BCUT2D eigenvalue weighted by Crippen LogP contribution is 2.05. The third kappa shape index (κ3) is 3.90. The Morgan fingerprint density at radius 3 is 2.57 bits per heavy atom. The SMILES string of the molecule is NCCNc1cnn(Cc2ccc(C(N)=O)cc2)c(=O)c1. The number of anilines is 1. The zero-order chi connectivity index (χ0) is 15.2. The second-order valence-electron chi connectivity index (χ2n) is 4.52. The average molecular weight is 287 g/mol. The quantitative estimate of drug-likeness (QED) is 0.678. The minimum atomic E-state index is -0.479. The van der Waals surface area contributed by atoms with Gasteiger partial charge in [-0.25, -0.2) is 4.68 Å². The van der Waals surface area contributed by atoms with Gasteiger partial charge in [-0.1, -0.05) is 12.1 Å². The summed E-state index contributed by atoms with van der Waals surface area (Å²) in [5.41, 5.74) is 12.3. The molecule has 0 aliphatic carbocycles. The lowest BCUT2D eigenvalue weighted by molar-refractivity contribution is 0.100. The van der Waals surface area contributed by atoms with E-state index in [1.54, 1.807) is 30.5 Å². The van der Waals surface area contributed by atoms with Crippen molar-refractivity contribution >= 4 is 11.6 Å². The van der Waals surface area contributed by atoms with E-state index in [2.05, 4.69) is 10.4 Å². The molecule has 0 aliphatic heterocycles. The first-order valence-corrected chi connectivity index (χ1v) is 6.50. The Balaban J connectivity index is 2.12. The molecule has 21 heavy (non-hydrogen) atoms. The number of amides is 1. The Labute approximate surface area is 121 Å². The summed E-state index contributed by atoms with van der Waals surface area (Å²) in [7, 11) is 0. The maximum atomic E-state index is 11.9. The number of benzene rings is 1. The summed E-state index contributed by atoms with van der Waals surface area (Å²) < 4.78 is 1.34. The molecule has 1 aromatic carbocycles. The van der Waals surface area contributed by atoms with E-state index in [0.717, 1.165) is 5.56 Å². The molecule has 7 nitrogen and oxygen atoms in total. The van der Waals surface area contributed by atoms with E-state index in [0.29, 0.717) is 30.9 Å². The molecule has 0 saturated carbocycles. The molecule has 0 spiro atoms. The minimum Gasteiger partial charge on any atom is -0.382 e. The van der Waals surface area contributed by atoms with E-state index >= 15 is 0 Å². The topological polar surface area (TPSA) is 116 Å². The molecule has 0 fully saturated rings. The highest BCUT2D eigenvalue weighted by atomic mass is 16.1. The van der Waals surface area contributed by atoms with Crippen LogP contribution in [0.2, 0.25) is 0 Å². The lowest BCUT2D eigenvalue weighted by atomic mass is 10.1. The second-order valence-corrected chi connectivity index (χ2v) is 4.52. The number of rotatable bonds is 6. The number of nitrogens with zero attached hydrogens (tertiary/aromatic N) is 2. The van der Waals surface area contributed by atoms with E-state index < -0.39 is 5.91 Å². The van der Waals surface area contributed by atoms with Gasteiger partial charge in [-0.05, 0) is 17.7 Å². The molecule has 1 aromatic heterocycles. The predicted octanol–water partition coefficient (Wildman–Crippen LogP) is -0.239. The predicted molar refractivity (Wildman–Crippen MR) is 80.1 cm³/mol. The number of carbonyl (C=O) groups excluding carboxylic acids is 1. The number of aromatic nitrogens is 2. The van der Waals surface area contributed by atoms with Gasteiger partial charge in [0.05, 0.1) is 18.4 Å². The van der Waals surface area contributed by atoms with Crippen LogP contribution in [0.25, 0.3) is 0 Å². The molecule has 0 atom stereocenters. The van der Waals surface area contributed by atoms with Crippen molar-refractivity contribution in [1.82, 2.24) is 9.78 Å². The maximum Gasteiger partial charge on any atom is 0.269 e. The summed E-state index contributed by atoms with van der Waals surface area (Å²) in [6.45, 7) is 1.39. The first-order valence-electron chi connectivity index (χ1n) is 6.50. The van der Waals surface area contributed by atoms with E-state index in [9.17, 15) is 9.59 Å². The van der Waals surface area contributed by atoms with Gasteiger partial charge in [0.1, 0.15) is 0 Å². The average Bonchev–Trinajstić information content (AvgIpc) is 2.48. The molecule has 5 N–H and O–H groups in total. The smallest absolute Gasteiger partial charge is 0.269 e. The first kappa shape index (κ1) is 14.7. The fourth-order valence-electron chi connectivity index (χ4n) is 1.81. The van der Waals surface area contributed by atoms with Crippen LogP contribution in [0.15, 0.2) is 41.3 Å². The molecule has 0 unspecified atom stereocenters. The minimum absolute atomic E-state index is 0.212. The van der Waals surface area contributed by atoms with Crippen LogP contribution in [0, 0.1) is 0 Å². The molecular weight excluding hydrogens is 270 g/mol. The summed E-state index contributed by atoms with van der Waals surface area (Å²) in [6, 6.07) is 8.21. The van der Waals surface area contributed by atoms with Crippen molar-refractivity contribution in [2.75, 3.05) is 18.4 Å². The van der Waals surface area contributed by atoms with E-state index in [4.69, 9.17) is 11.5 Å². The van der Waals surface area contributed by atoms with Crippen molar-refractivity contribution in [2.24, 2.45) is 11.5 Å². The van der Waals surface area contributed by atoms with Gasteiger partial charge in [-0.2, -0.15) is 5.10 Å². The summed E-state index contributed by atoms with van der Waals surface area (Å²) in [6.07, 6.45) is 1.58. The van der Waals surface area contributed by atoms with Crippen molar-refractivity contribution in [3.63, 3.8) is 0 Å². The van der Waals surface area contributed by atoms with E-state index in [1.165, 1.54) is 10.7 Å². The zero-order valence-corrected chi connectivity index (χ0v) is 11.5. The van der Waals surface area contributed by atoms with Gasteiger partial charge in [-0.3, -0.25) is 9.59 Å². The van der Waals surface area contributed by atoms with Gasteiger partial charge in [0.2, 0.25) is 5.91 Å². The lowest BCUT2D eigenvalue weighted by Crippen LogP contribution is -2.24. The van der Waals surface area contributed by atoms with Crippen LogP contribution in [0.5, 0.6) is 0 Å². The molecule has 1 heterocycles. The Hall–Kier alpha value is -2.67. The van der Waals surface area contributed by atoms with Crippen LogP contribution >= 0.6 is 0 Å². The summed E-state index contributed by atoms with van der Waals surface area (Å²) >= 11 is 0. The van der Waals surface area contributed by atoms with Gasteiger partial charge in [0.15, 0.2) is 0 Å². The zero-order valence-electron chi connectivity index (χ0n) is 11.5. The normalized spacial score (nSPS) is 10.3. The Kier molecular flexibility index (Phi) is 4.68. The molecule has 0 saturated heterocycles. The molecular formula is C14H17N5O2. The largest absolute Gasteiger partial charge is 0.382 e. The van der Waals surface area contributed by atoms with Crippen LogP contribution in [0.4, 0.5) is 5.69 Å². The van der Waals surface area contributed by atoms with Gasteiger partial charge < -0.3 is 16.8 Å². The van der Waals surface area contributed by atoms with Gasteiger partial charge in [0, 0.05) is 24.7 Å². The standard InChI is InChI=1S/C14H17N5O2/c15-5-6-17-12-7-13(20)19(18-8-12)9-10-1-3-11(4-2-10)14(16)21/h1-4,7-8,17H,5-6,9,15H2,(H2,16,21). The van der Waals surface area contributed by atoms with Crippen LogP contribution in [-0.4, -0.2) is 28.8 Å². The molecule has 0 radical (unpaired) electrons. The summed E-state index contributed by atoms with van der Waals surface area (Å²) in [5, 5.41) is 7.09. The van der Waals surface area contributed by atoms with Crippen molar-refractivity contribution in [3.05, 3.63) is 58.0 Å². The third-order valence-electron chi connectivity index (χ3n) is 2.91. The Morgan fingerprint density at radius 1 is 1.29 bits per heavy atom. The van der Waals surface area contributed by atoms with Gasteiger partial charge in [-0.15, -0.1) is 0 Å². The van der Waals surface area contributed by atoms with Gasteiger partial charge >= 0.3 is 0 Å². The molecule has 1 amide bonds. The molecule has 7 heteroatoms. The maximum absolute atomic E-state index is 11.9. The molecule has 2 aromatic rings. The van der Waals surface area contributed by atoms with Crippen molar-refractivity contribution in [3.8, 4) is 0 Å². The van der Waals surface area contributed by atoms with E-state index in [1.807, 2.05) is 0 Å². The number of nitrogens with one attached hydrogen (secondary N) is 1. The second kappa shape index (κ2) is 6.67. The van der Waals surface area contributed by atoms with Crippen LogP contribution in [0.3, 0.4) is 0 Å². The van der Waals surface area contributed by atoms with E-state index in [-0.39, 0.29) is 5.56 Å². The summed E-state index contributed by atoms with van der Waals surface area (Å²) in [5.74, 6) is -0.479. The fourth-order valence-corrected chi connectivity index (χ4v) is 1.81. The third-order valence-corrected chi connectivity index (χ3v) is 2.91. The van der Waals surface area contributed by atoms with Gasteiger partial charge in [0.25, 0.3) is 5.56 Å². The van der Waals surface area contributed by atoms with Crippen LogP contribution < -0.4 is 22.3 Å². The van der Waals surface area contributed by atoms with Crippen molar-refractivity contribution < 1.29 is 4.79 Å². The first-order chi connectivity index (χ1) is 10.1. The van der Waals surface area contributed by atoms with Crippen LogP contribution in [-0.2, 0) is 6.54 Å². The summed E-state index contributed by atoms with van der Waals surface area (Å²) in [4.78, 5) is 22.9. The number of hydrogen-bond donors (Lipinski definition) is 3. The fraction of sp³-hybridized carbons (Fsp3) is 0.214. The molecule has 0 aliphatic rings. The molecule has 0 bridgehead atoms. The number of nitrogens with two attached hydrogens (primary N) is 2. The number of hydrogen-bond acceptors (Lipinski definition) is 5. The lowest BCUT2D eigenvalue weighted by Gasteiger charge is -2.07. The molecule has 110 valence electrons. The highest BCUT2D eigenvalue weighted by Gasteiger charge is 2.03. The molecule has 2 rings (SSSR count). The van der Waals surface area contributed by atoms with Crippen LogP contribution in [0.1, 0.15) is 15.9 Å².